The fourth-order valence-corrected chi connectivity index (χ4v) is 4.88. The van der Waals surface area contributed by atoms with Gasteiger partial charge in [0.15, 0.2) is 5.13 Å². The predicted octanol–water partition coefficient (Wildman–Crippen LogP) is 2.70. The van der Waals surface area contributed by atoms with Gasteiger partial charge in [-0.25, -0.2) is 4.98 Å². The highest BCUT2D eigenvalue weighted by molar-refractivity contribution is 7.13. The zero-order valence-electron chi connectivity index (χ0n) is 15.8. The number of rotatable bonds is 3. The van der Waals surface area contributed by atoms with E-state index in [2.05, 4.69) is 15.3 Å². The number of para-hydroxylation sites is 1. The van der Waals surface area contributed by atoms with E-state index >= 15 is 0 Å². The smallest absolute Gasteiger partial charge is 0.271 e. The average molecular weight is 407 g/mol. The van der Waals surface area contributed by atoms with E-state index in [1.54, 1.807) is 17.6 Å². The molecular weight excluding hydrogens is 386 g/mol. The number of nitrogens with one attached hydrogen (secondary N) is 1. The van der Waals surface area contributed by atoms with E-state index in [1.807, 2.05) is 29.2 Å². The third-order valence-corrected chi connectivity index (χ3v) is 6.85. The summed E-state index contributed by atoms with van der Waals surface area (Å²) in [6.07, 6.45) is 4.44. The Morgan fingerprint density at radius 3 is 2.76 bits per heavy atom. The number of carbonyl (C=O) groups is 2. The van der Waals surface area contributed by atoms with Crippen molar-refractivity contribution in [3.63, 3.8) is 0 Å². The number of thiazole rings is 1. The molecule has 1 unspecified atom stereocenters. The Labute approximate surface area is 171 Å². The van der Waals surface area contributed by atoms with Gasteiger partial charge in [0.25, 0.3) is 11.8 Å². The fourth-order valence-electron chi connectivity index (χ4n) is 4.34. The molecule has 1 saturated carbocycles. The van der Waals surface area contributed by atoms with Crippen LogP contribution in [-0.2, 0) is 0 Å². The molecule has 1 aliphatic carbocycles. The van der Waals surface area contributed by atoms with Crippen molar-refractivity contribution >= 4 is 39.2 Å². The second kappa shape index (κ2) is 6.81. The van der Waals surface area contributed by atoms with Crippen molar-refractivity contribution in [2.24, 2.45) is 5.41 Å². The van der Waals surface area contributed by atoms with Gasteiger partial charge in [0, 0.05) is 36.1 Å². The van der Waals surface area contributed by atoms with Gasteiger partial charge in [-0.15, -0.1) is 11.3 Å². The molecule has 5 rings (SSSR count). The van der Waals surface area contributed by atoms with Crippen LogP contribution in [0.25, 0.3) is 10.9 Å². The van der Waals surface area contributed by atoms with Gasteiger partial charge >= 0.3 is 0 Å². The number of nitrogens with zero attached hydrogens (tertiary/aromatic N) is 3. The van der Waals surface area contributed by atoms with Crippen LogP contribution in [-0.4, -0.2) is 45.8 Å². The molecule has 1 atom stereocenters. The summed E-state index contributed by atoms with van der Waals surface area (Å²) in [7, 11) is 0. The zero-order valence-corrected chi connectivity index (χ0v) is 16.6. The maximum Gasteiger partial charge on any atom is 0.271 e. The van der Waals surface area contributed by atoms with E-state index in [0.717, 1.165) is 30.2 Å². The number of nitrogens with two attached hydrogens (primary N) is 1. The van der Waals surface area contributed by atoms with E-state index in [9.17, 15) is 9.59 Å². The Bertz CT molecular complexity index is 1100. The minimum atomic E-state index is -0.165. The third-order valence-electron chi connectivity index (χ3n) is 6.18. The van der Waals surface area contributed by atoms with Crippen molar-refractivity contribution in [1.82, 2.24) is 20.2 Å². The number of amides is 2. The summed E-state index contributed by atoms with van der Waals surface area (Å²) in [5, 5.41) is 6.05. The molecule has 3 N–H and O–H groups in total. The molecule has 8 heteroatoms. The Kier molecular flexibility index (Phi) is 4.24. The molecular formula is C21H21N5O2S. The second-order valence-corrected chi connectivity index (χ2v) is 8.72. The highest BCUT2D eigenvalue weighted by Gasteiger charge is 2.56. The van der Waals surface area contributed by atoms with Crippen LogP contribution >= 0.6 is 11.3 Å². The van der Waals surface area contributed by atoms with Crippen LogP contribution in [0.2, 0.25) is 0 Å². The molecule has 3 aromatic rings. The van der Waals surface area contributed by atoms with Crippen molar-refractivity contribution in [2.75, 3.05) is 18.8 Å². The predicted molar refractivity (Wildman–Crippen MR) is 112 cm³/mol. The van der Waals surface area contributed by atoms with E-state index < -0.39 is 0 Å². The zero-order chi connectivity index (χ0) is 20.0. The number of nitrogen functional groups attached to an aromatic ring is 1. The molecule has 1 saturated heterocycles. The summed E-state index contributed by atoms with van der Waals surface area (Å²) < 4.78 is 0. The number of pyridine rings is 1. The van der Waals surface area contributed by atoms with E-state index in [0.29, 0.717) is 29.5 Å². The first kappa shape index (κ1) is 18.1. The summed E-state index contributed by atoms with van der Waals surface area (Å²) in [6.45, 7) is 1.40. The lowest BCUT2D eigenvalue weighted by Gasteiger charge is -2.33. The number of carbonyl (C=O) groups excluding carboxylic acids is 2. The normalized spacial score (nSPS) is 20.0. The number of hydrogen-bond acceptors (Lipinski definition) is 6. The van der Waals surface area contributed by atoms with Crippen molar-refractivity contribution in [1.29, 1.82) is 0 Å². The number of anilines is 1. The van der Waals surface area contributed by atoms with Crippen LogP contribution in [0, 0.1) is 5.41 Å². The Morgan fingerprint density at radius 2 is 2.00 bits per heavy atom. The van der Waals surface area contributed by atoms with E-state index in [-0.39, 0.29) is 23.3 Å². The molecule has 7 nitrogen and oxygen atoms in total. The number of benzene rings is 1. The van der Waals surface area contributed by atoms with Crippen LogP contribution in [0.3, 0.4) is 0 Å². The lowest BCUT2D eigenvalue weighted by molar-refractivity contribution is 0.0669. The third kappa shape index (κ3) is 3.23. The number of aromatic nitrogens is 2. The SMILES string of the molecule is Nc1nc(C(=O)NC2CC23CCN(C(=O)c2ccnc4ccccc24)CC3)cs1. The number of piperidine rings is 1. The van der Waals surface area contributed by atoms with E-state index in [4.69, 9.17) is 5.73 Å². The van der Waals surface area contributed by atoms with Gasteiger partial charge in [0.2, 0.25) is 0 Å². The first-order chi connectivity index (χ1) is 14.1. The summed E-state index contributed by atoms with van der Waals surface area (Å²) in [4.78, 5) is 35.7. The molecule has 2 amide bonds. The van der Waals surface area contributed by atoms with Crippen molar-refractivity contribution in [2.45, 2.75) is 25.3 Å². The lowest BCUT2D eigenvalue weighted by atomic mass is 9.92. The Balaban J connectivity index is 1.23. The molecule has 0 bridgehead atoms. The Hall–Kier alpha value is -3.00. The molecule has 1 aliphatic heterocycles. The second-order valence-electron chi connectivity index (χ2n) is 7.83. The number of fused-ring (bicyclic) bond motifs is 1. The first-order valence-corrected chi connectivity index (χ1v) is 10.6. The van der Waals surface area contributed by atoms with Crippen molar-refractivity contribution in [3.8, 4) is 0 Å². The maximum atomic E-state index is 13.1. The highest BCUT2D eigenvalue weighted by Crippen LogP contribution is 2.54. The monoisotopic (exact) mass is 407 g/mol. The van der Waals surface area contributed by atoms with E-state index in [1.165, 1.54) is 11.3 Å². The average Bonchev–Trinajstić information content (AvgIpc) is 3.18. The minimum absolute atomic E-state index is 0.0534. The molecule has 1 aromatic carbocycles. The van der Waals surface area contributed by atoms with Gasteiger partial charge in [-0.1, -0.05) is 18.2 Å². The largest absolute Gasteiger partial charge is 0.375 e. The summed E-state index contributed by atoms with van der Waals surface area (Å²) in [5.74, 6) is -0.112. The van der Waals surface area contributed by atoms with Crippen molar-refractivity contribution in [3.05, 3.63) is 53.2 Å². The molecule has 3 heterocycles. The number of hydrogen-bond donors (Lipinski definition) is 2. The maximum absolute atomic E-state index is 13.1. The van der Waals surface area contributed by atoms with Gasteiger partial charge in [-0.05, 0) is 36.8 Å². The summed E-state index contributed by atoms with van der Waals surface area (Å²) in [5.41, 5.74) is 7.63. The molecule has 29 heavy (non-hydrogen) atoms. The topological polar surface area (TPSA) is 101 Å². The lowest BCUT2D eigenvalue weighted by Crippen LogP contribution is -2.41. The summed E-state index contributed by atoms with van der Waals surface area (Å²) in [6, 6.07) is 9.67. The van der Waals surface area contributed by atoms with Crippen LogP contribution < -0.4 is 11.1 Å². The quantitative estimate of drug-likeness (QED) is 0.695. The van der Waals surface area contributed by atoms with Gasteiger partial charge in [-0.2, -0.15) is 0 Å². The minimum Gasteiger partial charge on any atom is -0.375 e. The van der Waals surface area contributed by atoms with Crippen molar-refractivity contribution < 1.29 is 9.59 Å². The van der Waals surface area contributed by atoms with Crippen LogP contribution in [0.15, 0.2) is 41.9 Å². The van der Waals surface area contributed by atoms with Crippen LogP contribution in [0.4, 0.5) is 5.13 Å². The van der Waals surface area contributed by atoms with Gasteiger partial charge in [0.05, 0.1) is 11.1 Å². The van der Waals surface area contributed by atoms with Gasteiger partial charge < -0.3 is 16.0 Å². The van der Waals surface area contributed by atoms with Crippen LogP contribution in [0.5, 0.6) is 0 Å². The summed E-state index contributed by atoms with van der Waals surface area (Å²) >= 11 is 1.27. The van der Waals surface area contributed by atoms with Gasteiger partial charge in [0.1, 0.15) is 5.69 Å². The highest BCUT2D eigenvalue weighted by atomic mass is 32.1. The molecule has 148 valence electrons. The molecule has 2 fully saturated rings. The first-order valence-electron chi connectivity index (χ1n) is 9.71. The molecule has 2 aromatic heterocycles. The van der Waals surface area contributed by atoms with Crippen LogP contribution in [0.1, 0.15) is 40.1 Å². The number of likely N-dealkylation sites (tertiary alicyclic amines) is 1. The molecule has 0 radical (unpaired) electrons. The molecule has 2 aliphatic rings. The molecule has 1 spiro atoms. The van der Waals surface area contributed by atoms with Gasteiger partial charge in [-0.3, -0.25) is 14.6 Å². The Morgan fingerprint density at radius 1 is 1.21 bits per heavy atom. The fraction of sp³-hybridized carbons (Fsp3) is 0.333. The standard InChI is InChI=1S/C21H21N5O2S/c22-20-24-16(12-29-20)18(27)25-17-11-21(17)6-9-26(10-7-21)19(28)14-5-8-23-15-4-2-1-3-13(14)15/h1-5,8,12,17H,6-7,9-11H2,(H2,22,24)(H,25,27).